The monoisotopic (exact) mass is 256 g/mol. The third kappa shape index (κ3) is 7.03. The van der Waals surface area contributed by atoms with Crippen molar-refractivity contribution in [1.82, 2.24) is 0 Å². The molecule has 0 bridgehead atoms. The minimum absolute atomic E-state index is 0.00828. The van der Waals surface area contributed by atoms with E-state index < -0.39 is 0 Å². The number of hydrogen-bond acceptors (Lipinski definition) is 2. The molecule has 0 N–H and O–H groups in total. The summed E-state index contributed by atoms with van der Waals surface area (Å²) in [5.41, 5.74) is -0.252. The van der Waals surface area contributed by atoms with Crippen molar-refractivity contribution in [3.05, 3.63) is 0 Å². The van der Waals surface area contributed by atoms with Crippen molar-refractivity contribution in [1.29, 1.82) is 0 Å². The predicted molar refractivity (Wildman–Crippen MR) is 77.6 cm³/mol. The first-order valence-electron chi connectivity index (χ1n) is 7.78. The van der Waals surface area contributed by atoms with Crippen molar-refractivity contribution in [3.63, 3.8) is 0 Å². The minimum atomic E-state index is -0.252. The summed E-state index contributed by atoms with van der Waals surface area (Å²) in [6.45, 7) is 8.87. The van der Waals surface area contributed by atoms with E-state index in [1.807, 2.05) is 6.92 Å². The van der Waals surface area contributed by atoms with E-state index in [1.54, 1.807) is 0 Å². The maximum Gasteiger partial charge on any atom is 0.311 e. The van der Waals surface area contributed by atoms with Crippen molar-refractivity contribution < 1.29 is 9.53 Å². The molecule has 0 aromatic rings. The van der Waals surface area contributed by atoms with Gasteiger partial charge < -0.3 is 4.74 Å². The van der Waals surface area contributed by atoms with Crippen molar-refractivity contribution >= 4 is 5.97 Å². The standard InChI is InChI=1S/C16H32O2/c1-5-8-10-11-12-14-16(4,13-9-6-2)15(17)18-7-3/h5-14H2,1-4H3. The predicted octanol–water partition coefficient (Wildman–Crippen LogP) is 5.11. The summed E-state index contributed by atoms with van der Waals surface area (Å²) in [5.74, 6) is 0.00828. The maximum atomic E-state index is 12.1. The van der Waals surface area contributed by atoms with E-state index in [2.05, 4.69) is 20.8 Å². The van der Waals surface area contributed by atoms with E-state index in [9.17, 15) is 4.79 Å². The van der Waals surface area contributed by atoms with Crippen LogP contribution < -0.4 is 0 Å². The van der Waals surface area contributed by atoms with Gasteiger partial charge in [0, 0.05) is 0 Å². The molecule has 0 aliphatic carbocycles. The van der Waals surface area contributed by atoms with Gasteiger partial charge in [-0.1, -0.05) is 58.8 Å². The molecule has 0 aromatic carbocycles. The average Bonchev–Trinajstić information content (AvgIpc) is 2.36. The summed E-state index contributed by atoms with van der Waals surface area (Å²) in [6.07, 6.45) is 10.5. The van der Waals surface area contributed by atoms with E-state index in [0.717, 1.165) is 32.1 Å². The van der Waals surface area contributed by atoms with Gasteiger partial charge in [-0.05, 0) is 26.7 Å². The van der Waals surface area contributed by atoms with Crippen LogP contribution in [0.1, 0.15) is 85.5 Å². The molecular formula is C16H32O2. The quantitative estimate of drug-likeness (QED) is 0.379. The lowest BCUT2D eigenvalue weighted by Crippen LogP contribution is -2.30. The van der Waals surface area contributed by atoms with Gasteiger partial charge in [-0.15, -0.1) is 0 Å². The Morgan fingerprint density at radius 1 is 0.889 bits per heavy atom. The molecular weight excluding hydrogens is 224 g/mol. The normalized spacial score (nSPS) is 14.2. The van der Waals surface area contributed by atoms with Gasteiger partial charge in [-0.3, -0.25) is 4.79 Å². The van der Waals surface area contributed by atoms with Gasteiger partial charge in [0.25, 0.3) is 0 Å². The van der Waals surface area contributed by atoms with Gasteiger partial charge in [-0.25, -0.2) is 0 Å². The topological polar surface area (TPSA) is 26.3 Å². The number of carbonyl (C=O) groups excluding carboxylic acids is 1. The molecule has 0 saturated carbocycles. The molecule has 0 aliphatic heterocycles. The first kappa shape index (κ1) is 17.5. The first-order valence-corrected chi connectivity index (χ1v) is 7.78. The summed E-state index contributed by atoms with van der Waals surface area (Å²) in [4.78, 5) is 12.1. The van der Waals surface area contributed by atoms with Crippen molar-refractivity contribution in [2.75, 3.05) is 6.61 Å². The highest BCUT2D eigenvalue weighted by atomic mass is 16.5. The Kier molecular flexibility index (Phi) is 10.1. The van der Waals surface area contributed by atoms with Gasteiger partial charge in [0.1, 0.15) is 0 Å². The Morgan fingerprint density at radius 2 is 1.44 bits per heavy atom. The zero-order valence-electron chi connectivity index (χ0n) is 12.9. The molecule has 0 amide bonds. The minimum Gasteiger partial charge on any atom is -0.466 e. The molecule has 2 nitrogen and oxygen atoms in total. The second-order valence-corrected chi connectivity index (χ2v) is 5.55. The number of carbonyl (C=O) groups is 1. The number of esters is 1. The second kappa shape index (κ2) is 10.4. The van der Waals surface area contributed by atoms with E-state index in [1.165, 1.54) is 25.7 Å². The van der Waals surface area contributed by atoms with Crippen LogP contribution in [0.4, 0.5) is 0 Å². The molecule has 0 heterocycles. The Morgan fingerprint density at radius 3 is 2.00 bits per heavy atom. The lowest BCUT2D eigenvalue weighted by molar-refractivity contribution is -0.155. The van der Waals surface area contributed by atoms with Gasteiger partial charge in [-0.2, -0.15) is 0 Å². The molecule has 0 aliphatic rings. The molecule has 1 atom stereocenters. The van der Waals surface area contributed by atoms with E-state index in [4.69, 9.17) is 4.74 Å². The highest BCUT2D eigenvalue weighted by molar-refractivity contribution is 5.76. The van der Waals surface area contributed by atoms with Gasteiger partial charge in [0.15, 0.2) is 0 Å². The van der Waals surface area contributed by atoms with Crippen molar-refractivity contribution in [2.45, 2.75) is 85.5 Å². The molecule has 108 valence electrons. The fraction of sp³-hybridized carbons (Fsp3) is 0.938. The molecule has 0 fully saturated rings. The Hall–Kier alpha value is -0.530. The molecule has 18 heavy (non-hydrogen) atoms. The summed E-state index contributed by atoms with van der Waals surface area (Å²) in [6, 6.07) is 0. The van der Waals surface area contributed by atoms with Crippen LogP contribution in [0.5, 0.6) is 0 Å². The van der Waals surface area contributed by atoms with Gasteiger partial charge in [0.2, 0.25) is 0 Å². The largest absolute Gasteiger partial charge is 0.466 e. The maximum absolute atomic E-state index is 12.1. The highest BCUT2D eigenvalue weighted by Crippen LogP contribution is 2.32. The van der Waals surface area contributed by atoms with Crippen LogP contribution in [0.2, 0.25) is 0 Å². The number of unbranched alkanes of at least 4 members (excludes halogenated alkanes) is 5. The first-order chi connectivity index (χ1) is 8.60. The van der Waals surface area contributed by atoms with E-state index in [0.29, 0.717) is 6.61 Å². The van der Waals surface area contributed by atoms with Gasteiger partial charge >= 0.3 is 5.97 Å². The van der Waals surface area contributed by atoms with Crippen LogP contribution in [0, 0.1) is 5.41 Å². The molecule has 0 radical (unpaired) electrons. The van der Waals surface area contributed by atoms with Crippen LogP contribution in [0.3, 0.4) is 0 Å². The van der Waals surface area contributed by atoms with Gasteiger partial charge in [0.05, 0.1) is 12.0 Å². The lowest BCUT2D eigenvalue weighted by Gasteiger charge is -2.27. The Balaban J connectivity index is 4.15. The van der Waals surface area contributed by atoms with Crippen molar-refractivity contribution in [2.24, 2.45) is 5.41 Å². The van der Waals surface area contributed by atoms with E-state index >= 15 is 0 Å². The van der Waals surface area contributed by atoms with Crippen LogP contribution in [0.15, 0.2) is 0 Å². The Labute approximate surface area is 113 Å². The smallest absolute Gasteiger partial charge is 0.311 e. The zero-order valence-corrected chi connectivity index (χ0v) is 12.9. The van der Waals surface area contributed by atoms with Crippen LogP contribution >= 0.6 is 0 Å². The number of ether oxygens (including phenoxy) is 1. The van der Waals surface area contributed by atoms with Crippen LogP contribution in [0.25, 0.3) is 0 Å². The molecule has 0 rings (SSSR count). The summed E-state index contributed by atoms with van der Waals surface area (Å²) < 4.78 is 5.24. The third-order valence-corrected chi connectivity index (χ3v) is 3.68. The molecule has 2 heteroatoms. The SMILES string of the molecule is CCCCCCCC(C)(CCCC)C(=O)OCC. The van der Waals surface area contributed by atoms with Crippen molar-refractivity contribution in [3.8, 4) is 0 Å². The van der Waals surface area contributed by atoms with Crippen LogP contribution in [-0.4, -0.2) is 12.6 Å². The second-order valence-electron chi connectivity index (χ2n) is 5.55. The zero-order chi connectivity index (χ0) is 13.9. The summed E-state index contributed by atoms with van der Waals surface area (Å²) in [5, 5.41) is 0. The summed E-state index contributed by atoms with van der Waals surface area (Å²) >= 11 is 0. The Bertz CT molecular complexity index is 213. The van der Waals surface area contributed by atoms with E-state index in [-0.39, 0.29) is 11.4 Å². The lowest BCUT2D eigenvalue weighted by atomic mass is 9.80. The van der Waals surface area contributed by atoms with Crippen LogP contribution in [-0.2, 0) is 9.53 Å². The fourth-order valence-electron chi connectivity index (χ4n) is 2.32. The molecule has 0 saturated heterocycles. The number of hydrogen-bond donors (Lipinski definition) is 0. The third-order valence-electron chi connectivity index (χ3n) is 3.68. The number of rotatable bonds is 11. The summed E-state index contributed by atoms with van der Waals surface area (Å²) in [7, 11) is 0. The molecule has 0 spiro atoms. The fourth-order valence-corrected chi connectivity index (χ4v) is 2.32. The average molecular weight is 256 g/mol. The molecule has 0 aromatic heterocycles. The highest BCUT2D eigenvalue weighted by Gasteiger charge is 2.33. The molecule has 1 unspecified atom stereocenters.